The quantitative estimate of drug-likeness (QED) is 0.550. The Kier molecular flexibility index (Phi) is 9.41. The number of carbonyl (C=O) groups excluding carboxylic acids is 3. The van der Waals surface area contributed by atoms with Gasteiger partial charge in [0.05, 0.1) is 6.04 Å². The van der Waals surface area contributed by atoms with Crippen molar-refractivity contribution in [1.82, 2.24) is 20.4 Å². The number of amides is 3. The number of nitrogens with zero attached hydrogens (tertiary/aromatic N) is 2. The van der Waals surface area contributed by atoms with Crippen molar-refractivity contribution in [2.75, 3.05) is 26.7 Å². The lowest BCUT2D eigenvalue weighted by Gasteiger charge is -2.36. The van der Waals surface area contributed by atoms with E-state index < -0.39 is 12.1 Å². The van der Waals surface area contributed by atoms with Crippen molar-refractivity contribution >= 4 is 17.7 Å². The largest absolute Gasteiger partial charge is 0.343 e. The van der Waals surface area contributed by atoms with E-state index in [2.05, 4.69) is 22.8 Å². The molecule has 3 amide bonds. The van der Waals surface area contributed by atoms with Crippen LogP contribution in [0.2, 0.25) is 0 Å². The van der Waals surface area contributed by atoms with Gasteiger partial charge < -0.3 is 20.4 Å². The van der Waals surface area contributed by atoms with Crippen LogP contribution in [-0.2, 0) is 20.8 Å². The zero-order valence-electron chi connectivity index (χ0n) is 22.1. The van der Waals surface area contributed by atoms with Crippen LogP contribution in [0.25, 0.3) is 0 Å². The molecule has 2 N–H and O–H groups in total. The summed E-state index contributed by atoms with van der Waals surface area (Å²) in [5.41, 5.74) is 1.22. The third-order valence-corrected chi connectivity index (χ3v) is 8.65. The van der Waals surface area contributed by atoms with Crippen molar-refractivity contribution in [3.63, 3.8) is 0 Å². The summed E-state index contributed by atoms with van der Waals surface area (Å²) in [4.78, 5) is 44.8. The summed E-state index contributed by atoms with van der Waals surface area (Å²) in [5.74, 6) is 0.281. The second-order valence-corrected chi connectivity index (χ2v) is 10.9. The molecule has 0 unspecified atom stereocenters. The van der Waals surface area contributed by atoms with Gasteiger partial charge in [-0.15, -0.1) is 0 Å². The van der Waals surface area contributed by atoms with E-state index in [0.29, 0.717) is 19.5 Å². The standard InChI is InChI=1S/C29H44N4O3/c1-3-24(30-2)27(34)31-25(22-13-8-5-9-14-22)28(35)33-20-17-23-15-10-18-32(29(36)26(23)33)19-16-21-11-6-4-7-12-21/h4,6-7,11-12,22-26,30H,3,5,8-10,13-20H2,1-2H3,(H,31,34)/t23-,24+,25-,26+/m1/s1. The number of rotatable bonds is 9. The molecular weight excluding hydrogens is 452 g/mol. The molecule has 0 aromatic heterocycles. The molecule has 0 bridgehead atoms. The number of likely N-dealkylation sites (tertiary alicyclic amines) is 2. The minimum atomic E-state index is -0.548. The van der Waals surface area contributed by atoms with E-state index in [1.807, 2.05) is 34.9 Å². The van der Waals surface area contributed by atoms with Crippen LogP contribution in [0.4, 0.5) is 0 Å². The Hall–Kier alpha value is -2.41. The van der Waals surface area contributed by atoms with Gasteiger partial charge in [-0.2, -0.15) is 0 Å². The molecule has 3 fully saturated rings. The highest BCUT2D eigenvalue weighted by atomic mass is 16.2. The predicted octanol–water partition coefficient (Wildman–Crippen LogP) is 3.13. The number of fused-ring (bicyclic) bond motifs is 1. The van der Waals surface area contributed by atoms with Crippen molar-refractivity contribution in [2.24, 2.45) is 11.8 Å². The Labute approximate surface area is 216 Å². The van der Waals surface area contributed by atoms with E-state index >= 15 is 0 Å². The molecule has 3 aliphatic rings. The van der Waals surface area contributed by atoms with Crippen LogP contribution in [0, 0.1) is 11.8 Å². The molecule has 1 saturated carbocycles. The molecule has 2 saturated heterocycles. The summed E-state index contributed by atoms with van der Waals surface area (Å²) >= 11 is 0. The fourth-order valence-corrected chi connectivity index (χ4v) is 6.51. The third kappa shape index (κ3) is 6.10. The summed E-state index contributed by atoms with van der Waals surface area (Å²) < 4.78 is 0. The van der Waals surface area contributed by atoms with Gasteiger partial charge in [0.1, 0.15) is 12.1 Å². The highest BCUT2D eigenvalue weighted by Gasteiger charge is 2.47. The van der Waals surface area contributed by atoms with Gasteiger partial charge in [-0.25, -0.2) is 0 Å². The second-order valence-electron chi connectivity index (χ2n) is 10.9. The van der Waals surface area contributed by atoms with Gasteiger partial charge in [0.25, 0.3) is 0 Å². The monoisotopic (exact) mass is 496 g/mol. The van der Waals surface area contributed by atoms with Gasteiger partial charge in [-0.1, -0.05) is 56.5 Å². The normalized spacial score (nSPS) is 24.7. The lowest BCUT2D eigenvalue weighted by molar-refractivity contribution is -0.147. The van der Waals surface area contributed by atoms with Crippen LogP contribution in [-0.4, -0.2) is 72.3 Å². The van der Waals surface area contributed by atoms with Crippen LogP contribution in [0.5, 0.6) is 0 Å². The van der Waals surface area contributed by atoms with E-state index in [9.17, 15) is 14.4 Å². The van der Waals surface area contributed by atoms with Crippen LogP contribution >= 0.6 is 0 Å². The molecule has 2 heterocycles. The molecule has 0 spiro atoms. The fourth-order valence-electron chi connectivity index (χ4n) is 6.51. The van der Waals surface area contributed by atoms with Crippen molar-refractivity contribution in [3.8, 4) is 0 Å². The van der Waals surface area contributed by atoms with Gasteiger partial charge in [0, 0.05) is 19.6 Å². The highest BCUT2D eigenvalue weighted by molar-refractivity contribution is 5.94. The molecule has 1 aromatic rings. The smallest absolute Gasteiger partial charge is 0.246 e. The topological polar surface area (TPSA) is 81.8 Å². The summed E-state index contributed by atoms with van der Waals surface area (Å²) in [6.07, 6.45) is 9.57. The Bertz CT molecular complexity index is 882. The maximum atomic E-state index is 14.1. The summed E-state index contributed by atoms with van der Waals surface area (Å²) in [5, 5.41) is 6.20. The van der Waals surface area contributed by atoms with Gasteiger partial charge in [-0.3, -0.25) is 14.4 Å². The Morgan fingerprint density at radius 3 is 2.44 bits per heavy atom. The zero-order valence-corrected chi connectivity index (χ0v) is 22.1. The van der Waals surface area contributed by atoms with Gasteiger partial charge in [-0.05, 0) is 69.4 Å². The number of benzene rings is 1. The van der Waals surface area contributed by atoms with Crippen molar-refractivity contribution < 1.29 is 14.4 Å². The first kappa shape index (κ1) is 26.6. The average molecular weight is 497 g/mol. The van der Waals surface area contributed by atoms with Gasteiger partial charge in [0.15, 0.2) is 0 Å². The molecule has 4 rings (SSSR count). The van der Waals surface area contributed by atoms with Crippen molar-refractivity contribution in [3.05, 3.63) is 35.9 Å². The zero-order chi connectivity index (χ0) is 25.5. The van der Waals surface area contributed by atoms with Crippen LogP contribution < -0.4 is 10.6 Å². The average Bonchev–Trinajstić information content (AvgIpc) is 3.27. The van der Waals surface area contributed by atoms with E-state index in [0.717, 1.165) is 57.9 Å². The molecule has 7 heteroatoms. The van der Waals surface area contributed by atoms with E-state index in [-0.39, 0.29) is 35.6 Å². The second kappa shape index (κ2) is 12.7. The number of hydrogen-bond acceptors (Lipinski definition) is 4. The summed E-state index contributed by atoms with van der Waals surface area (Å²) in [7, 11) is 1.78. The minimum absolute atomic E-state index is 0.0491. The lowest BCUT2D eigenvalue weighted by atomic mass is 9.83. The first-order valence-electron chi connectivity index (χ1n) is 14.1. The Balaban J connectivity index is 1.51. The lowest BCUT2D eigenvalue weighted by Crippen LogP contribution is -2.59. The van der Waals surface area contributed by atoms with E-state index in [1.54, 1.807) is 7.05 Å². The van der Waals surface area contributed by atoms with Crippen LogP contribution in [0.15, 0.2) is 30.3 Å². The highest BCUT2D eigenvalue weighted by Crippen LogP contribution is 2.35. The van der Waals surface area contributed by atoms with Crippen LogP contribution in [0.3, 0.4) is 0 Å². The molecule has 36 heavy (non-hydrogen) atoms. The molecule has 7 nitrogen and oxygen atoms in total. The molecular formula is C29H44N4O3. The van der Waals surface area contributed by atoms with Gasteiger partial charge in [0.2, 0.25) is 17.7 Å². The third-order valence-electron chi connectivity index (χ3n) is 8.65. The van der Waals surface area contributed by atoms with Gasteiger partial charge >= 0.3 is 0 Å². The van der Waals surface area contributed by atoms with Crippen molar-refractivity contribution in [1.29, 1.82) is 0 Å². The number of hydrogen-bond donors (Lipinski definition) is 2. The minimum Gasteiger partial charge on any atom is -0.343 e. The van der Waals surface area contributed by atoms with Crippen molar-refractivity contribution in [2.45, 2.75) is 89.3 Å². The van der Waals surface area contributed by atoms with Crippen LogP contribution in [0.1, 0.15) is 70.3 Å². The number of nitrogens with one attached hydrogen (secondary N) is 2. The molecule has 1 aromatic carbocycles. The number of carbonyl (C=O) groups is 3. The summed E-state index contributed by atoms with van der Waals surface area (Å²) in [6.45, 7) is 4.01. The fraction of sp³-hybridized carbons (Fsp3) is 0.690. The molecule has 0 radical (unpaired) electrons. The first-order chi connectivity index (χ1) is 17.5. The summed E-state index contributed by atoms with van der Waals surface area (Å²) in [6, 6.07) is 9.01. The Morgan fingerprint density at radius 2 is 1.75 bits per heavy atom. The molecule has 1 aliphatic carbocycles. The molecule has 4 atom stereocenters. The maximum Gasteiger partial charge on any atom is 0.246 e. The predicted molar refractivity (Wildman–Crippen MR) is 141 cm³/mol. The van der Waals surface area contributed by atoms with E-state index in [1.165, 1.54) is 12.0 Å². The maximum absolute atomic E-state index is 14.1. The molecule has 198 valence electrons. The van der Waals surface area contributed by atoms with E-state index in [4.69, 9.17) is 0 Å². The SMILES string of the molecule is CC[C@H](NC)C(=O)N[C@@H](C(=O)N1CC[C@H]2CCCN(CCc3ccccc3)C(=O)[C@H]21)C1CCCCC1. The molecule has 2 aliphatic heterocycles. The Morgan fingerprint density at radius 1 is 1.00 bits per heavy atom. The first-order valence-corrected chi connectivity index (χ1v) is 14.1. The number of likely N-dealkylation sites (N-methyl/N-ethyl adjacent to an activating group) is 1.